The molecule has 1 aliphatic heterocycles. The van der Waals surface area contributed by atoms with Crippen molar-refractivity contribution in [2.75, 3.05) is 39.5 Å². The molecule has 1 heterocycles. The Bertz CT molecular complexity index is 263. The molecule has 0 radical (unpaired) electrons. The summed E-state index contributed by atoms with van der Waals surface area (Å²) in [6.07, 6.45) is 7.97. The first-order valence-corrected chi connectivity index (χ1v) is 8.51. The van der Waals surface area contributed by atoms with Gasteiger partial charge in [0.05, 0.1) is 25.9 Å². The highest BCUT2D eigenvalue weighted by Crippen LogP contribution is 2.25. The predicted octanol–water partition coefficient (Wildman–Crippen LogP) is 1.63. The molecule has 20 heavy (non-hydrogen) atoms. The molecule has 1 aliphatic carbocycles. The van der Waals surface area contributed by atoms with Crippen LogP contribution in [0, 0.1) is 5.92 Å². The number of aliphatic hydroxyl groups excluding tert-OH is 1. The van der Waals surface area contributed by atoms with Crippen LogP contribution in [0.2, 0.25) is 0 Å². The number of nitrogens with zero attached hydrogens (tertiary/aromatic N) is 1. The van der Waals surface area contributed by atoms with E-state index in [-0.39, 0.29) is 12.6 Å². The monoisotopic (exact) mass is 284 g/mol. The lowest BCUT2D eigenvalue weighted by atomic mass is 9.93. The van der Waals surface area contributed by atoms with E-state index in [9.17, 15) is 5.11 Å². The van der Waals surface area contributed by atoms with E-state index < -0.39 is 0 Å². The van der Waals surface area contributed by atoms with Crippen LogP contribution in [0.1, 0.15) is 45.4 Å². The zero-order valence-corrected chi connectivity index (χ0v) is 13.0. The van der Waals surface area contributed by atoms with Gasteiger partial charge in [-0.25, -0.2) is 0 Å². The minimum atomic E-state index is 0.207. The third-order valence-electron chi connectivity index (χ3n) is 4.84. The molecule has 4 nitrogen and oxygen atoms in total. The first-order chi connectivity index (χ1) is 9.85. The Hall–Kier alpha value is -0.160. The van der Waals surface area contributed by atoms with E-state index in [1.165, 1.54) is 38.5 Å². The van der Waals surface area contributed by atoms with Crippen molar-refractivity contribution in [2.24, 2.45) is 5.92 Å². The van der Waals surface area contributed by atoms with Crippen molar-refractivity contribution in [2.45, 2.75) is 57.5 Å². The molecule has 118 valence electrons. The predicted molar refractivity (Wildman–Crippen MR) is 81.9 cm³/mol. The summed E-state index contributed by atoms with van der Waals surface area (Å²) in [5, 5.41) is 13.3. The Kier molecular flexibility index (Phi) is 7.28. The maximum Gasteiger partial charge on any atom is 0.0644 e. The zero-order valence-electron chi connectivity index (χ0n) is 13.0. The number of nitrogens with one attached hydrogen (secondary N) is 1. The molecule has 0 spiro atoms. The molecular weight excluding hydrogens is 252 g/mol. The van der Waals surface area contributed by atoms with Crippen LogP contribution in [0.25, 0.3) is 0 Å². The molecule has 1 saturated heterocycles. The summed E-state index contributed by atoms with van der Waals surface area (Å²) in [4.78, 5) is 2.46. The molecule has 4 heteroatoms. The van der Waals surface area contributed by atoms with Crippen LogP contribution in [0.15, 0.2) is 0 Å². The minimum absolute atomic E-state index is 0.207. The maximum absolute atomic E-state index is 9.52. The molecule has 0 amide bonds. The van der Waals surface area contributed by atoms with Gasteiger partial charge in [0.2, 0.25) is 0 Å². The van der Waals surface area contributed by atoms with Crippen molar-refractivity contribution in [3.05, 3.63) is 0 Å². The van der Waals surface area contributed by atoms with E-state index in [4.69, 9.17) is 4.74 Å². The molecule has 2 N–H and O–H groups in total. The van der Waals surface area contributed by atoms with Crippen LogP contribution in [0.4, 0.5) is 0 Å². The molecular formula is C16H32N2O2. The lowest BCUT2D eigenvalue weighted by molar-refractivity contribution is -0.0359. The summed E-state index contributed by atoms with van der Waals surface area (Å²) in [7, 11) is 0. The van der Waals surface area contributed by atoms with Gasteiger partial charge in [-0.05, 0) is 31.7 Å². The molecule has 3 atom stereocenters. The normalized spacial score (nSPS) is 33.0. The molecule has 0 aromatic carbocycles. The van der Waals surface area contributed by atoms with Gasteiger partial charge in [0.25, 0.3) is 0 Å². The van der Waals surface area contributed by atoms with Crippen molar-refractivity contribution >= 4 is 0 Å². The van der Waals surface area contributed by atoms with Crippen molar-refractivity contribution in [3.63, 3.8) is 0 Å². The lowest BCUT2D eigenvalue weighted by Crippen LogP contribution is -2.51. The molecule has 3 unspecified atom stereocenters. The Balaban J connectivity index is 1.91. The van der Waals surface area contributed by atoms with Gasteiger partial charge in [-0.15, -0.1) is 0 Å². The summed E-state index contributed by atoms with van der Waals surface area (Å²) in [5.74, 6) is 0.733. The fourth-order valence-electron chi connectivity index (χ4n) is 3.60. The van der Waals surface area contributed by atoms with Crippen molar-refractivity contribution in [1.82, 2.24) is 10.2 Å². The lowest BCUT2D eigenvalue weighted by Gasteiger charge is -2.38. The first-order valence-electron chi connectivity index (χ1n) is 8.51. The number of hydrogen-bond donors (Lipinski definition) is 2. The van der Waals surface area contributed by atoms with Crippen LogP contribution in [0.5, 0.6) is 0 Å². The van der Waals surface area contributed by atoms with E-state index in [2.05, 4.69) is 17.1 Å². The number of aliphatic hydroxyl groups is 1. The highest BCUT2D eigenvalue weighted by molar-refractivity contribution is 4.85. The third kappa shape index (κ3) is 4.69. The van der Waals surface area contributed by atoms with E-state index in [1.807, 2.05) is 0 Å². The summed E-state index contributed by atoms with van der Waals surface area (Å²) in [6.45, 7) is 7.20. The molecule has 2 fully saturated rings. The van der Waals surface area contributed by atoms with Crippen molar-refractivity contribution < 1.29 is 9.84 Å². The van der Waals surface area contributed by atoms with Gasteiger partial charge in [-0.1, -0.05) is 26.2 Å². The van der Waals surface area contributed by atoms with Crippen LogP contribution in [-0.2, 0) is 4.74 Å². The van der Waals surface area contributed by atoms with E-state index in [1.54, 1.807) is 0 Å². The molecule has 2 aliphatic rings. The third-order valence-corrected chi connectivity index (χ3v) is 4.84. The van der Waals surface area contributed by atoms with Gasteiger partial charge in [0.1, 0.15) is 0 Å². The fourth-order valence-corrected chi connectivity index (χ4v) is 3.60. The number of rotatable bonds is 6. The second-order valence-electron chi connectivity index (χ2n) is 6.36. The van der Waals surface area contributed by atoms with Crippen LogP contribution < -0.4 is 5.32 Å². The Morgan fingerprint density at radius 2 is 2.10 bits per heavy atom. The maximum atomic E-state index is 9.52. The van der Waals surface area contributed by atoms with Crippen molar-refractivity contribution in [1.29, 1.82) is 0 Å². The van der Waals surface area contributed by atoms with Crippen LogP contribution >= 0.6 is 0 Å². The van der Waals surface area contributed by atoms with Crippen LogP contribution in [-0.4, -0.2) is 61.5 Å². The fraction of sp³-hybridized carbons (Fsp3) is 1.00. The van der Waals surface area contributed by atoms with E-state index >= 15 is 0 Å². The molecule has 2 rings (SSSR count). The second-order valence-corrected chi connectivity index (χ2v) is 6.36. The summed E-state index contributed by atoms with van der Waals surface area (Å²) in [6, 6.07) is 0.874. The smallest absolute Gasteiger partial charge is 0.0644 e. The van der Waals surface area contributed by atoms with Gasteiger partial charge in [-0.3, -0.25) is 4.90 Å². The first kappa shape index (κ1) is 16.2. The summed E-state index contributed by atoms with van der Waals surface area (Å²) >= 11 is 0. The number of ether oxygens (including phenoxy) is 1. The summed E-state index contributed by atoms with van der Waals surface area (Å²) < 4.78 is 5.49. The van der Waals surface area contributed by atoms with Gasteiger partial charge < -0.3 is 15.2 Å². The zero-order chi connectivity index (χ0) is 14.2. The highest BCUT2D eigenvalue weighted by Gasteiger charge is 2.29. The Labute approximate surface area is 123 Å². The number of hydrogen-bond acceptors (Lipinski definition) is 4. The molecule has 1 saturated carbocycles. The second kappa shape index (κ2) is 8.98. The number of morpholine rings is 1. The van der Waals surface area contributed by atoms with E-state index in [0.29, 0.717) is 12.6 Å². The Morgan fingerprint density at radius 1 is 1.25 bits per heavy atom. The quantitative estimate of drug-likeness (QED) is 0.728. The SMILES string of the molecule is CCCNC1CCCCCC1CN1CCOCC1CO. The summed E-state index contributed by atoms with van der Waals surface area (Å²) in [5.41, 5.74) is 0. The topological polar surface area (TPSA) is 44.7 Å². The van der Waals surface area contributed by atoms with Gasteiger partial charge in [0.15, 0.2) is 0 Å². The average Bonchev–Trinajstić information content (AvgIpc) is 2.71. The molecule has 0 bridgehead atoms. The molecule has 0 aromatic heterocycles. The van der Waals surface area contributed by atoms with Gasteiger partial charge in [0, 0.05) is 19.1 Å². The molecule has 0 aromatic rings. The standard InChI is InChI=1S/C16H32N2O2/c1-2-8-17-16-7-5-3-4-6-14(16)11-18-9-10-20-13-15(18)12-19/h14-17,19H,2-13H2,1H3. The highest BCUT2D eigenvalue weighted by atomic mass is 16.5. The average molecular weight is 284 g/mol. The van der Waals surface area contributed by atoms with E-state index in [0.717, 1.165) is 32.2 Å². The largest absolute Gasteiger partial charge is 0.395 e. The van der Waals surface area contributed by atoms with Gasteiger partial charge in [-0.2, -0.15) is 0 Å². The minimum Gasteiger partial charge on any atom is -0.395 e. The van der Waals surface area contributed by atoms with Gasteiger partial charge >= 0.3 is 0 Å². The Morgan fingerprint density at radius 3 is 2.90 bits per heavy atom. The van der Waals surface area contributed by atoms with Crippen LogP contribution in [0.3, 0.4) is 0 Å². The van der Waals surface area contributed by atoms with Crippen molar-refractivity contribution in [3.8, 4) is 0 Å².